The Morgan fingerprint density at radius 2 is 2.05 bits per heavy atom. The summed E-state index contributed by atoms with van der Waals surface area (Å²) in [5.74, 6) is -1.71. The fraction of sp³-hybridized carbons (Fsp3) is 0.250. The second kappa shape index (κ2) is 4.68. The molecule has 0 bridgehead atoms. The molecule has 19 heavy (non-hydrogen) atoms. The van der Waals surface area contributed by atoms with Crippen LogP contribution in [0.25, 0.3) is 10.9 Å². The lowest BCUT2D eigenvalue weighted by Crippen LogP contribution is -2.39. The highest BCUT2D eigenvalue weighted by Gasteiger charge is 2.12. The van der Waals surface area contributed by atoms with Crippen molar-refractivity contribution in [3.05, 3.63) is 44.9 Å². The molecule has 0 amide bonds. The van der Waals surface area contributed by atoms with Gasteiger partial charge in [0.05, 0.1) is 17.3 Å². The first kappa shape index (κ1) is 13.0. The number of carboxylic acids is 1. The Morgan fingerprint density at radius 3 is 2.68 bits per heavy atom. The van der Waals surface area contributed by atoms with Gasteiger partial charge in [-0.2, -0.15) is 0 Å². The summed E-state index contributed by atoms with van der Waals surface area (Å²) in [6, 6.07) is 3.53. The standard InChI is InChI=1S/C12H11FN2O4/c1-14-9-3-2-7(13)6-8(9)11(18)15(12(14)19)5-4-10(16)17/h2-3,6H,4-5H2,1H3,(H,16,17). The highest BCUT2D eigenvalue weighted by Crippen LogP contribution is 2.09. The van der Waals surface area contributed by atoms with Gasteiger partial charge in [0.1, 0.15) is 5.82 Å². The number of aliphatic carboxylic acids is 1. The van der Waals surface area contributed by atoms with Gasteiger partial charge in [0.15, 0.2) is 0 Å². The molecule has 0 unspecified atom stereocenters. The van der Waals surface area contributed by atoms with Gasteiger partial charge in [-0.1, -0.05) is 0 Å². The fourth-order valence-corrected chi connectivity index (χ4v) is 1.89. The van der Waals surface area contributed by atoms with Crippen LogP contribution in [0.3, 0.4) is 0 Å². The van der Waals surface area contributed by atoms with Crippen molar-refractivity contribution in [2.45, 2.75) is 13.0 Å². The molecule has 100 valence electrons. The lowest BCUT2D eigenvalue weighted by atomic mass is 10.2. The second-order valence-corrected chi connectivity index (χ2v) is 4.10. The molecule has 2 aromatic rings. The van der Waals surface area contributed by atoms with E-state index >= 15 is 0 Å². The number of aryl methyl sites for hydroxylation is 1. The number of halogens is 1. The van der Waals surface area contributed by atoms with Crippen molar-refractivity contribution in [3.63, 3.8) is 0 Å². The van der Waals surface area contributed by atoms with Gasteiger partial charge in [-0.25, -0.2) is 9.18 Å². The minimum absolute atomic E-state index is 0.0486. The summed E-state index contributed by atoms with van der Waals surface area (Å²) in [5.41, 5.74) is -0.993. The molecule has 1 heterocycles. The van der Waals surface area contributed by atoms with E-state index in [2.05, 4.69) is 0 Å². The summed E-state index contributed by atoms with van der Waals surface area (Å²) in [7, 11) is 1.44. The molecule has 2 rings (SSSR count). The first-order valence-electron chi connectivity index (χ1n) is 5.52. The topological polar surface area (TPSA) is 81.3 Å². The van der Waals surface area contributed by atoms with Gasteiger partial charge in [0, 0.05) is 13.6 Å². The van der Waals surface area contributed by atoms with Crippen molar-refractivity contribution in [3.8, 4) is 0 Å². The van der Waals surface area contributed by atoms with Gasteiger partial charge < -0.3 is 5.11 Å². The summed E-state index contributed by atoms with van der Waals surface area (Å²) in [4.78, 5) is 34.5. The van der Waals surface area contributed by atoms with Crippen LogP contribution >= 0.6 is 0 Å². The predicted octanol–water partition coefficient (Wildman–Crippen LogP) is 0.314. The van der Waals surface area contributed by atoms with Crippen LogP contribution in [0.4, 0.5) is 4.39 Å². The molecule has 0 atom stereocenters. The van der Waals surface area contributed by atoms with E-state index in [1.165, 1.54) is 17.7 Å². The van der Waals surface area contributed by atoms with Crippen molar-refractivity contribution < 1.29 is 14.3 Å². The predicted molar refractivity (Wildman–Crippen MR) is 65.7 cm³/mol. The Bertz CT molecular complexity index is 776. The van der Waals surface area contributed by atoms with Crippen molar-refractivity contribution in [2.24, 2.45) is 7.05 Å². The van der Waals surface area contributed by atoms with Gasteiger partial charge in [-0.15, -0.1) is 0 Å². The third kappa shape index (κ3) is 2.26. The molecule has 1 N–H and O–H groups in total. The minimum atomic E-state index is -1.12. The number of carbonyl (C=O) groups is 1. The molecule has 1 aromatic heterocycles. The quantitative estimate of drug-likeness (QED) is 0.867. The molecule has 0 aliphatic heterocycles. The molecule has 0 spiro atoms. The number of hydrogen-bond acceptors (Lipinski definition) is 3. The van der Waals surface area contributed by atoms with Gasteiger partial charge in [0.25, 0.3) is 5.56 Å². The molecule has 0 aliphatic carbocycles. The molecule has 0 saturated carbocycles. The third-order valence-corrected chi connectivity index (χ3v) is 2.86. The molecule has 0 saturated heterocycles. The monoisotopic (exact) mass is 266 g/mol. The molecule has 0 aliphatic rings. The fourth-order valence-electron chi connectivity index (χ4n) is 1.89. The zero-order valence-corrected chi connectivity index (χ0v) is 10.1. The van der Waals surface area contributed by atoms with E-state index in [9.17, 15) is 18.8 Å². The van der Waals surface area contributed by atoms with Crippen molar-refractivity contribution in [1.29, 1.82) is 0 Å². The van der Waals surface area contributed by atoms with Gasteiger partial charge in [0.2, 0.25) is 0 Å². The lowest BCUT2D eigenvalue weighted by Gasteiger charge is -2.09. The lowest BCUT2D eigenvalue weighted by molar-refractivity contribution is -0.137. The summed E-state index contributed by atoms with van der Waals surface area (Å²) >= 11 is 0. The second-order valence-electron chi connectivity index (χ2n) is 4.10. The van der Waals surface area contributed by atoms with Crippen LogP contribution in [0.15, 0.2) is 27.8 Å². The first-order chi connectivity index (χ1) is 8.91. The van der Waals surface area contributed by atoms with Crippen molar-refractivity contribution >= 4 is 16.9 Å². The summed E-state index contributed by atoms with van der Waals surface area (Å²) in [6.07, 6.45) is -0.351. The number of carboxylic acid groups (broad SMARTS) is 1. The highest BCUT2D eigenvalue weighted by atomic mass is 19.1. The zero-order chi connectivity index (χ0) is 14.2. The Labute approximate surface area is 106 Å². The summed E-state index contributed by atoms with van der Waals surface area (Å²) < 4.78 is 15.2. The third-order valence-electron chi connectivity index (χ3n) is 2.86. The molecule has 7 heteroatoms. The van der Waals surface area contributed by atoms with Crippen molar-refractivity contribution in [1.82, 2.24) is 9.13 Å². The van der Waals surface area contributed by atoms with E-state index in [1.54, 1.807) is 0 Å². The number of fused-ring (bicyclic) bond motifs is 1. The van der Waals surface area contributed by atoms with E-state index < -0.39 is 23.0 Å². The van der Waals surface area contributed by atoms with Gasteiger partial charge in [-0.05, 0) is 18.2 Å². The normalized spacial score (nSPS) is 10.8. The van der Waals surface area contributed by atoms with Crippen LogP contribution in [-0.4, -0.2) is 20.2 Å². The molecule has 1 aromatic carbocycles. The minimum Gasteiger partial charge on any atom is -0.481 e. The SMILES string of the molecule is Cn1c(=O)n(CCC(=O)O)c(=O)c2cc(F)ccc21. The highest BCUT2D eigenvalue weighted by molar-refractivity contribution is 5.77. The van der Waals surface area contributed by atoms with Crippen LogP contribution in [0.2, 0.25) is 0 Å². The molecule has 0 radical (unpaired) electrons. The summed E-state index contributed by atoms with van der Waals surface area (Å²) in [5, 5.41) is 8.65. The number of aromatic nitrogens is 2. The maximum atomic E-state index is 13.2. The molecule has 0 fully saturated rings. The van der Waals surface area contributed by atoms with Crippen LogP contribution in [0.1, 0.15) is 6.42 Å². The Hall–Kier alpha value is -2.44. The maximum Gasteiger partial charge on any atom is 0.331 e. The number of hydrogen-bond donors (Lipinski definition) is 1. The van der Waals surface area contributed by atoms with Crippen LogP contribution in [-0.2, 0) is 18.4 Å². The Kier molecular flexibility index (Phi) is 3.20. The number of nitrogens with zero attached hydrogens (tertiary/aromatic N) is 2. The summed E-state index contributed by atoms with van der Waals surface area (Å²) in [6.45, 7) is -0.243. The van der Waals surface area contributed by atoms with Gasteiger partial charge >= 0.3 is 11.7 Å². The van der Waals surface area contributed by atoms with E-state index in [-0.39, 0.29) is 18.4 Å². The molecule has 6 nitrogen and oxygen atoms in total. The first-order valence-corrected chi connectivity index (χ1v) is 5.52. The maximum absolute atomic E-state index is 13.2. The van der Waals surface area contributed by atoms with Gasteiger partial charge in [-0.3, -0.25) is 18.7 Å². The Morgan fingerprint density at radius 1 is 1.37 bits per heavy atom. The largest absolute Gasteiger partial charge is 0.481 e. The van der Waals surface area contributed by atoms with E-state index in [4.69, 9.17) is 5.11 Å². The Balaban J connectivity index is 2.75. The molecular weight excluding hydrogens is 255 g/mol. The van der Waals surface area contributed by atoms with E-state index in [1.807, 2.05) is 0 Å². The molecular formula is C12H11FN2O4. The average molecular weight is 266 g/mol. The van der Waals surface area contributed by atoms with Crippen molar-refractivity contribution in [2.75, 3.05) is 0 Å². The van der Waals surface area contributed by atoms with Crippen LogP contribution < -0.4 is 11.2 Å². The number of benzene rings is 1. The number of rotatable bonds is 3. The van der Waals surface area contributed by atoms with Crippen LogP contribution in [0.5, 0.6) is 0 Å². The van der Waals surface area contributed by atoms with E-state index in [0.29, 0.717) is 5.52 Å². The smallest absolute Gasteiger partial charge is 0.331 e. The van der Waals surface area contributed by atoms with Crippen LogP contribution in [0, 0.1) is 5.82 Å². The van der Waals surface area contributed by atoms with E-state index in [0.717, 1.165) is 16.7 Å². The average Bonchev–Trinajstić information content (AvgIpc) is 2.35. The zero-order valence-electron chi connectivity index (χ0n) is 10.1.